The Hall–Kier alpha value is -2.53. The summed E-state index contributed by atoms with van der Waals surface area (Å²) in [5.74, 6) is 1.67. The van der Waals surface area contributed by atoms with Crippen molar-refractivity contribution < 1.29 is 4.74 Å². The maximum Gasteiger partial charge on any atom is 0.191 e. The van der Waals surface area contributed by atoms with Gasteiger partial charge < -0.3 is 20.3 Å². The summed E-state index contributed by atoms with van der Waals surface area (Å²) in [5, 5.41) is 6.82. The van der Waals surface area contributed by atoms with Crippen LogP contribution in [0.1, 0.15) is 22.7 Å². The molecule has 2 N–H and O–H groups in total. The first-order valence-corrected chi connectivity index (χ1v) is 8.84. The molecule has 1 atom stereocenters. The Morgan fingerprint density at radius 3 is 2.54 bits per heavy atom. The van der Waals surface area contributed by atoms with Gasteiger partial charge in [0.1, 0.15) is 5.75 Å². The van der Waals surface area contributed by atoms with Crippen molar-refractivity contribution in [2.75, 3.05) is 34.8 Å². The predicted octanol–water partition coefficient (Wildman–Crippen LogP) is 2.97. The second kappa shape index (κ2) is 9.82. The molecule has 0 amide bonds. The molecule has 140 valence electrons. The van der Waals surface area contributed by atoms with E-state index in [1.54, 1.807) is 14.2 Å². The molecule has 26 heavy (non-hydrogen) atoms. The van der Waals surface area contributed by atoms with Crippen LogP contribution in [0.4, 0.5) is 0 Å². The van der Waals surface area contributed by atoms with Gasteiger partial charge in [0.05, 0.1) is 13.2 Å². The van der Waals surface area contributed by atoms with Crippen molar-refractivity contribution in [2.24, 2.45) is 4.99 Å². The Bertz CT molecular complexity index is 727. The number of nitrogens with one attached hydrogen (secondary N) is 2. The van der Waals surface area contributed by atoms with Crippen LogP contribution < -0.4 is 15.4 Å². The summed E-state index contributed by atoms with van der Waals surface area (Å²) in [6.45, 7) is 3.61. The summed E-state index contributed by atoms with van der Waals surface area (Å²) in [5.41, 5.74) is 3.75. The van der Waals surface area contributed by atoms with Crippen LogP contribution in [0.15, 0.2) is 53.5 Å². The molecule has 0 aromatic heterocycles. The average molecular weight is 354 g/mol. The average Bonchev–Trinajstić information content (AvgIpc) is 2.65. The van der Waals surface area contributed by atoms with E-state index in [1.165, 1.54) is 16.7 Å². The Morgan fingerprint density at radius 2 is 1.88 bits per heavy atom. The lowest BCUT2D eigenvalue weighted by atomic mass is 10.1. The van der Waals surface area contributed by atoms with Crippen LogP contribution >= 0.6 is 0 Å². The predicted molar refractivity (Wildman–Crippen MR) is 109 cm³/mol. The van der Waals surface area contributed by atoms with Crippen LogP contribution in [0.3, 0.4) is 0 Å². The second-order valence-electron chi connectivity index (χ2n) is 6.49. The zero-order chi connectivity index (χ0) is 18.9. The molecule has 2 rings (SSSR count). The molecule has 0 heterocycles. The number of methoxy groups -OCH3 is 1. The van der Waals surface area contributed by atoms with Gasteiger partial charge in [-0.05, 0) is 49.8 Å². The number of aliphatic imine (C=N–C) groups is 1. The van der Waals surface area contributed by atoms with Gasteiger partial charge in [0.2, 0.25) is 0 Å². The van der Waals surface area contributed by atoms with Crippen LogP contribution in [0.5, 0.6) is 5.75 Å². The van der Waals surface area contributed by atoms with Crippen molar-refractivity contribution in [3.8, 4) is 5.75 Å². The minimum absolute atomic E-state index is 0.210. The van der Waals surface area contributed by atoms with Crippen LogP contribution in [0.2, 0.25) is 0 Å². The maximum atomic E-state index is 5.36. The van der Waals surface area contributed by atoms with Gasteiger partial charge in [0.15, 0.2) is 5.96 Å². The molecule has 0 bridgehead atoms. The molecule has 0 aliphatic carbocycles. The first-order valence-electron chi connectivity index (χ1n) is 8.84. The van der Waals surface area contributed by atoms with Gasteiger partial charge in [-0.15, -0.1) is 0 Å². The molecule has 0 spiro atoms. The Morgan fingerprint density at radius 1 is 1.12 bits per heavy atom. The van der Waals surface area contributed by atoms with E-state index in [1.807, 2.05) is 12.1 Å². The highest BCUT2D eigenvalue weighted by atomic mass is 16.5. The third kappa shape index (κ3) is 5.49. The fourth-order valence-electron chi connectivity index (χ4n) is 2.85. The SMILES string of the molecule is CN=C(NCc1ccccc1C)NCC(c1cccc(OC)c1)N(C)C. The highest BCUT2D eigenvalue weighted by Gasteiger charge is 2.15. The molecule has 0 saturated carbocycles. The zero-order valence-corrected chi connectivity index (χ0v) is 16.4. The van der Waals surface area contributed by atoms with Gasteiger partial charge in [-0.25, -0.2) is 0 Å². The summed E-state index contributed by atoms with van der Waals surface area (Å²) < 4.78 is 5.36. The summed E-state index contributed by atoms with van der Waals surface area (Å²) in [6, 6.07) is 16.8. The molecule has 2 aromatic rings. The summed E-state index contributed by atoms with van der Waals surface area (Å²) in [7, 11) is 7.65. The number of nitrogens with zero attached hydrogens (tertiary/aromatic N) is 2. The highest BCUT2D eigenvalue weighted by molar-refractivity contribution is 5.79. The molecule has 0 aliphatic rings. The molecule has 0 radical (unpaired) electrons. The van der Waals surface area contributed by atoms with Crippen molar-refractivity contribution in [1.82, 2.24) is 15.5 Å². The van der Waals surface area contributed by atoms with E-state index in [2.05, 4.69) is 77.9 Å². The van der Waals surface area contributed by atoms with Crippen molar-refractivity contribution >= 4 is 5.96 Å². The minimum Gasteiger partial charge on any atom is -0.497 e. The van der Waals surface area contributed by atoms with Crippen LogP contribution in [0, 0.1) is 6.92 Å². The van der Waals surface area contributed by atoms with Gasteiger partial charge in [-0.2, -0.15) is 0 Å². The third-order valence-electron chi connectivity index (χ3n) is 4.50. The maximum absolute atomic E-state index is 5.36. The normalized spacial score (nSPS) is 12.8. The van der Waals surface area contributed by atoms with Crippen LogP contribution in [0.25, 0.3) is 0 Å². The number of ether oxygens (including phenoxy) is 1. The molecular weight excluding hydrogens is 324 g/mol. The standard InChI is InChI=1S/C21H30N4O/c1-16-9-6-7-10-18(16)14-23-21(22-2)24-15-20(25(3)4)17-11-8-12-19(13-17)26-5/h6-13,20H,14-15H2,1-5H3,(H2,22,23,24). The first kappa shape index (κ1) is 19.8. The fraction of sp³-hybridized carbons (Fsp3) is 0.381. The fourth-order valence-corrected chi connectivity index (χ4v) is 2.85. The van der Waals surface area contributed by atoms with Crippen molar-refractivity contribution in [1.29, 1.82) is 0 Å². The highest BCUT2D eigenvalue weighted by Crippen LogP contribution is 2.22. The molecule has 2 aromatic carbocycles. The van der Waals surface area contributed by atoms with Gasteiger partial charge in [0.25, 0.3) is 0 Å². The van der Waals surface area contributed by atoms with Gasteiger partial charge in [-0.3, -0.25) is 4.99 Å². The van der Waals surface area contributed by atoms with Gasteiger partial charge in [-0.1, -0.05) is 36.4 Å². The van der Waals surface area contributed by atoms with E-state index in [-0.39, 0.29) is 6.04 Å². The van der Waals surface area contributed by atoms with Crippen molar-refractivity contribution in [2.45, 2.75) is 19.5 Å². The van der Waals surface area contributed by atoms with E-state index in [4.69, 9.17) is 4.74 Å². The molecule has 5 nitrogen and oxygen atoms in total. The number of guanidine groups is 1. The largest absolute Gasteiger partial charge is 0.497 e. The Labute approximate surface area is 157 Å². The van der Waals surface area contributed by atoms with E-state index in [9.17, 15) is 0 Å². The van der Waals surface area contributed by atoms with Gasteiger partial charge >= 0.3 is 0 Å². The number of hydrogen-bond acceptors (Lipinski definition) is 3. The number of rotatable bonds is 7. The third-order valence-corrected chi connectivity index (χ3v) is 4.50. The van der Waals surface area contributed by atoms with Crippen molar-refractivity contribution in [3.05, 3.63) is 65.2 Å². The zero-order valence-electron chi connectivity index (χ0n) is 16.4. The second-order valence-corrected chi connectivity index (χ2v) is 6.49. The number of likely N-dealkylation sites (N-methyl/N-ethyl adjacent to an activating group) is 1. The van der Waals surface area contributed by atoms with E-state index in [0.717, 1.165) is 24.8 Å². The lowest BCUT2D eigenvalue weighted by Crippen LogP contribution is -2.41. The summed E-state index contributed by atoms with van der Waals surface area (Å²) in [4.78, 5) is 6.53. The molecular formula is C21H30N4O. The molecule has 1 unspecified atom stereocenters. The molecule has 0 saturated heterocycles. The van der Waals surface area contributed by atoms with Crippen LogP contribution in [-0.4, -0.2) is 45.7 Å². The van der Waals surface area contributed by atoms with E-state index in [0.29, 0.717) is 0 Å². The molecule has 0 fully saturated rings. The number of benzene rings is 2. The van der Waals surface area contributed by atoms with Crippen molar-refractivity contribution in [3.63, 3.8) is 0 Å². The number of hydrogen-bond donors (Lipinski definition) is 2. The molecule has 5 heteroatoms. The lowest BCUT2D eigenvalue weighted by Gasteiger charge is -2.26. The first-order chi connectivity index (χ1) is 12.5. The minimum atomic E-state index is 0.210. The topological polar surface area (TPSA) is 48.9 Å². The summed E-state index contributed by atoms with van der Waals surface area (Å²) in [6.07, 6.45) is 0. The Kier molecular flexibility index (Phi) is 7.48. The Balaban J connectivity index is 1.99. The van der Waals surface area contributed by atoms with E-state index < -0.39 is 0 Å². The van der Waals surface area contributed by atoms with Gasteiger partial charge in [0, 0.05) is 20.1 Å². The van der Waals surface area contributed by atoms with Crippen LogP contribution in [-0.2, 0) is 6.54 Å². The summed E-state index contributed by atoms with van der Waals surface area (Å²) >= 11 is 0. The monoisotopic (exact) mass is 354 g/mol. The molecule has 0 aliphatic heterocycles. The number of aryl methyl sites for hydroxylation is 1. The lowest BCUT2D eigenvalue weighted by molar-refractivity contribution is 0.297. The van der Waals surface area contributed by atoms with E-state index >= 15 is 0 Å². The smallest absolute Gasteiger partial charge is 0.191 e. The quantitative estimate of drug-likeness (QED) is 0.593.